The average molecular weight is 419 g/mol. The number of rotatable bonds is 4. The lowest BCUT2D eigenvalue weighted by Crippen LogP contribution is -2.31. The Labute approximate surface area is 166 Å². The highest BCUT2D eigenvalue weighted by atomic mass is 32.2. The number of amides is 2. The predicted molar refractivity (Wildman–Crippen MR) is 97.9 cm³/mol. The maximum absolute atomic E-state index is 12.9. The standard InChI is InChI=1S/C19H12F3N3O3S/c20-19(21,22)12-7-4-8-13(9-12)25-15(26)10-14(17(25)27)29-18-24-23-16(28-18)11-5-2-1-3-6-11/h1-9,14H,10H2. The van der Waals surface area contributed by atoms with Crippen LogP contribution in [0.4, 0.5) is 18.9 Å². The molecule has 0 N–H and O–H groups in total. The molecule has 10 heteroatoms. The van der Waals surface area contributed by atoms with Crippen molar-refractivity contribution >= 4 is 29.3 Å². The maximum atomic E-state index is 12.9. The summed E-state index contributed by atoms with van der Waals surface area (Å²) >= 11 is 0.912. The number of thioether (sulfide) groups is 1. The van der Waals surface area contributed by atoms with Gasteiger partial charge in [0.2, 0.25) is 17.7 Å². The summed E-state index contributed by atoms with van der Waals surface area (Å²) in [6.07, 6.45) is -4.75. The second-order valence-electron chi connectivity index (χ2n) is 6.17. The van der Waals surface area contributed by atoms with E-state index >= 15 is 0 Å². The number of hydrogen-bond acceptors (Lipinski definition) is 6. The van der Waals surface area contributed by atoms with Crippen molar-refractivity contribution in [1.29, 1.82) is 0 Å². The molecule has 1 aliphatic rings. The quantitative estimate of drug-likeness (QED) is 0.591. The molecule has 1 saturated heterocycles. The number of hydrogen-bond donors (Lipinski definition) is 0. The van der Waals surface area contributed by atoms with Crippen molar-refractivity contribution in [3.05, 3.63) is 60.2 Å². The summed E-state index contributed by atoms with van der Waals surface area (Å²) in [6, 6.07) is 13.1. The lowest BCUT2D eigenvalue weighted by molar-refractivity contribution is -0.137. The minimum absolute atomic E-state index is 0.0981. The molecule has 1 atom stereocenters. The van der Waals surface area contributed by atoms with Gasteiger partial charge in [0.15, 0.2) is 0 Å². The van der Waals surface area contributed by atoms with Gasteiger partial charge in [-0.25, -0.2) is 4.90 Å². The van der Waals surface area contributed by atoms with Crippen LogP contribution >= 0.6 is 11.8 Å². The van der Waals surface area contributed by atoms with Crippen molar-refractivity contribution in [1.82, 2.24) is 10.2 Å². The minimum Gasteiger partial charge on any atom is -0.411 e. The van der Waals surface area contributed by atoms with Crippen molar-refractivity contribution in [2.75, 3.05) is 4.90 Å². The molecule has 6 nitrogen and oxygen atoms in total. The van der Waals surface area contributed by atoms with Crippen LogP contribution in [0.5, 0.6) is 0 Å². The molecule has 1 unspecified atom stereocenters. The van der Waals surface area contributed by atoms with Crippen LogP contribution in [0.15, 0.2) is 64.2 Å². The van der Waals surface area contributed by atoms with E-state index in [0.717, 1.165) is 34.9 Å². The normalized spacial score (nSPS) is 17.2. The van der Waals surface area contributed by atoms with Crippen molar-refractivity contribution in [2.24, 2.45) is 0 Å². The number of carbonyl (C=O) groups is 2. The summed E-state index contributed by atoms with van der Waals surface area (Å²) in [6.45, 7) is 0. The number of alkyl halides is 3. The van der Waals surface area contributed by atoms with E-state index < -0.39 is 28.8 Å². The van der Waals surface area contributed by atoms with Gasteiger partial charge in [0, 0.05) is 12.0 Å². The summed E-state index contributed by atoms with van der Waals surface area (Å²) in [5.41, 5.74) is -0.351. The molecule has 0 radical (unpaired) electrons. The average Bonchev–Trinajstić information content (AvgIpc) is 3.27. The van der Waals surface area contributed by atoms with E-state index in [9.17, 15) is 22.8 Å². The fourth-order valence-electron chi connectivity index (χ4n) is 2.87. The third-order valence-electron chi connectivity index (χ3n) is 4.21. The largest absolute Gasteiger partial charge is 0.416 e. The molecular weight excluding hydrogens is 407 g/mol. The van der Waals surface area contributed by atoms with Crippen molar-refractivity contribution in [3.8, 4) is 11.5 Å². The van der Waals surface area contributed by atoms with Gasteiger partial charge in [-0.1, -0.05) is 36.0 Å². The van der Waals surface area contributed by atoms with E-state index in [1.54, 1.807) is 24.3 Å². The fraction of sp³-hybridized carbons (Fsp3) is 0.158. The highest BCUT2D eigenvalue weighted by molar-refractivity contribution is 8.00. The first kappa shape index (κ1) is 19.2. The molecule has 1 aliphatic heterocycles. The van der Waals surface area contributed by atoms with E-state index in [1.807, 2.05) is 6.07 Å². The zero-order valence-corrected chi connectivity index (χ0v) is 15.4. The molecule has 3 aromatic rings. The molecule has 2 amide bonds. The fourth-order valence-corrected chi connectivity index (χ4v) is 3.76. The Bertz CT molecular complexity index is 1070. The zero-order chi connectivity index (χ0) is 20.6. The van der Waals surface area contributed by atoms with Gasteiger partial charge in [-0.3, -0.25) is 9.59 Å². The first-order valence-electron chi connectivity index (χ1n) is 8.42. The van der Waals surface area contributed by atoms with E-state index in [4.69, 9.17) is 4.42 Å². The number of carbonyl (C=O) groups excluding carboxylic acids is 2. The van der Waals surface area contributed by atoms with Crippen LogP contribution in [0.3, 0.4) is 0 Å². The Balaban J connectivity index is 1.53. The Morgan fingerprint density at radius 1 is 1.03 bits per heavy atom. The summed E-state index contributed by atoms with van der Waals surface area (Å²) in [5.74, 6) is -0.951. The number of anilines is 1. The maximum Gasteiger partial charge on any atom is 0.416 e. The van der Waals surface area contributed by atoms with Crippen LogP contribution in [-0.2, 0) is 15.8 Å². The Hall–Kier alpha value is -3.14. The molecule has 0 saturated carbocycles. The molecule has 2 heterocycles. The molecule has 2 aromatic carbocycles. The minimum atomic E-state index is -4.58. The van der Waals surface area contributed by atoms with Crippen LogP contribution in [0, 0.1) is 0 Å². The van der Waals surface area contributed by atoms with Crippen LogP contribution in [-0.4, -0.2) is 27.3 Å². The van der Waals surface area contributed by atoms with Gasteiger partial charge in [0.1, 0.15) is 5.25 Å². The van der Waals surface area contributed by atoms with Crippen molar-refractivity contribution < 1.29 is 27.2 Å². The second kappa shape index (κ2) is 7.36. The number of nitrogens with zero attached hydrogens (tertiary/aromatic N) is 3. The van der Waals surface area contributed by atoms with Crippen LogP contribution in [0.25, 0.3) is 11.5 Å². The lowest BCUT2D eigenvalue weighted by Gasteiger charge is -2.16. The summed E-state index contributed by atoms with van der Waals surface area (Å²) in [4.78, 5) is 25.8. The number of benzene rings is 2. The summed E-state index contributed by atoms with van der Waals surface area (Å²) < 4.78 is 44.3. The topological polar surface area (TPSA) is 76.3 Å². The van der Waals surface area contributed by atoms with Crippen LogP contribution in [0.2, 0.25) is 0 Å². The van der Waals surface area contributed by atoms with Crippen molar-refractivity contribution in [2.45, 2.75) is 23.1 Å². The Kier molecular flexibility index (Phi) is 4.87. The Morgan fingerprint density at radius 2 is 1.79 bits per heavy atom. The lowest BCUT2D eigenvalue weighted by atomic mass is 10.2. The predicted octanol–water partition coefficient (Wildman–Crippen LogP) is 4.18. The third-order valence-corrected chi connectivity index (χ3v) is 5.23. The van der Waals surface area contributed by atoms with Crippen molar-refractivity contribution in [3.63, 3.8) is 0 Å². The van der Waals surface area contributed by atoms with Gasteiger partial charge in [-0.15, -0.1) is 10.2 Å². The zero-order valence-electron chi connectivity index (χ0n) is 14.6. The number of halogens is 3. The first-order valence-corrected chi connectivity index (χ1v) is 9.30. The molecule has 0 spiro atoms. The highest BCUT2D eigenvalue weighted by Crippen LogP contribution is 2.36. The molecule has 4 rings (SSSR count). The summed E-state index contributed by atoms with van der Waals surface area (Å²) in [7, 11) is 0. The Morgan fingerprint density at radius 3 is 2.52 bits per heavy atom. The van der Waals surface area contributed by atoms with Gasteiger partial charge in [0.25, 0.3) is 5.22 Å². The SMILES string of the molecule is O=C1CC(Sc2nnc(-c3ccccc3)o2)C(=O)N1c1cccc(C(F)(F)F)c1. The van der Waals surface area contributed by atoms with Gasteiger partial charge in [-0.05, 0) is 30.3 Å². The molecule has 0 aliphatic carbocycles. The van der Waals surface area contributed by atoms with E-state index in [0.29, 0.717) is 5.56 Å². The molecule has 29 heavy (non-hydrogen) atoms. The molecule has 1 aromatic heterocycles. The first-order chi connectivity index (χ1) is 13.8. The smallest absolute Gasteiger partial charge is 0.411 e. The van der Waals surface area contributed by atoms with Gasteiger partial charge in [-0.2, -0.15) is 13.2 Å². The highest BCUT2D eigenvalue weighted by Gasteiger charge is 2.42. The molecule has 1 fully saturated rings. The third kappa shape index (κ3) is 3.88. The molecular formula is C19H12F3N3O3S. The van der Waals surface area contributed by atoms with E-state index in [2.05, 4.69) is 10.2 Å². The van der Waals surface area contributed by atoms with Gasteiger partial charge in [0.05, 0.1) is 11.3 Å². The number of imide groups is 1. The van der Waals surface area contributed by atoms with Crippen LogP contribution < -0.4 is 4.90 Å². The second-order valence-corrected chi connectivity index (χ2v) is 7.32. The van der Waals surface area contributed by atoms with Gasteiger partial charge >= 0.3 is 6.18 Å². The summed E-state index contributed by atoms with van der Waals surface area (Å²) in [5, 5.41) is 7.03. The molecule has 0 bridgehead atoms. The monoisotopic (exact) mass is 419 g/mol. The molecule has 148 valence electrons. The van der Waals surface area contributed by atoms with Crippen LogP contribution in [0.1, 0.15) is 12.0 Å². The van der Waals surface area contributed by atoms with E-state index in [-0.39, 0.29) is 23.2 Å². The van der Waals surface area contributed by atoms with E-state index in [1.165, 1.54) is 6.07 Å². The number of aromatic nitrogens is 2. The van der Waals surface area contributed by atoms with Gasteiger partial charge < -0.3 is 4.42 Å².